The van der Waals surface area contributed by atoms with Gasteiger partial charge in [-0.15, -0.1) is 11.3 Å². The molecule has 1 fully saturated rings. The number of ether oxygens (including phenoxy) is 1. The van der Waals surface area contributed by atoms with Crippen LogP contribution in [0.3, 0.4) is 0 Å². The number of alkyl halides is 3. The van der Waals surface area contributed by atoms with E-state index in [0.717, 1.165) is 36.7 Å². The predicted octanol–water partition coefficient (Wildman–Crippen LogP) is 4.09. The predicted molar refractivity (Wildman–Crippen MR) is 100 cm³/mol. The molecule has 1 aromatic heterocycles. The Morgan fingerprint density at radius 1 is 1.24 bits per heavy atom. The molecule has 2 aromatic rings. The lowest BCUT2D eigenvalue weighted by Crippen LogP contribution is -2.35. The van der Waals surface area contributed by atoms with Crippen LogP contribution >= 0.6 is 11.3 Å². The number of benzene rings is 1. The fraction of sp³-hybridized carbons (Fsp3) is 0.444. The van der Waals surface area contributed by atoms with Crippen LogP contribution in [0.15, 0.2) is 34.5 Å². The van der Waals surface area contributed by atoms with Gasteiger partial charge in [0.25, 0.3) is 0 Å². The number of rotatable bonds is 5. The van der Waals surface area contributed by atoms with Crippen molar-refractivity contribution in [2.45, 2.75) is 43.4 Å². The minimum atomic E-state index is -4.85. The van der Waals surface area contributed by atoms with E-state index in [9.17, 15) is 26.4 Å². The first-order chi connectivity index (χ1) is 13.6. The van der Waals surface area contributed by atoms with E-state index in [2.05, 4.69) is 9.72 Å². The molecule has 0 aliphatic carbocycles. The van der Waals surface area contributed by atoms with Crippen LogP contribution < -0.4 is 0 Å². The Kier molecular flexibility index (Phi) is 6.30. The molecule has 1 aliphatic heterocycles. The van der Waals surface area contributed by atoms with Crippen molar-refractivity contribution in [3.63, 3.8) is 0 Å². The normalized spacial score (nSPS) is 17.1. The minimum absolute atomic E-state index is 0.150. The Labute approximate surface area is 170 Å². The number of carbonyl (C=O) groups is 1. The summed E-state index contributed by atoms with van der Waals surface area (Å²) in [5, 5.41) is 1.04. The quantitative estimate of drug-likeness (QED) is 0.644. The highest BCUT2D eigenvalue weighted by Gasteiger charge is 2.46. The number of halogens is 3. The highest BCUT2D eigenvalue weighted by Crippen LogP contribution is 2.38. The Bertz CT molecular complexity index is 983. The molecule has 0 bridgehead atoms. The maximum Gasteiger partial charge on any atom is 0.432 e. The molecule has 0 spiro atoms. The van der Waals surface area contributed by atoms with Gasteiger partial charge in [-0.2, -0.15) is 17.5 Å². The third-order valence-corrected chi connectivity index (χ3v) is 7.31. The molecule has 6 nitrogen and oxygen atoms in total. The van der Waals surface area contributed by atoms with Gasteiger partial charge < -0.3 is 4.74 Å². The molecule has 0 N–H and O–H groups in total. The average Bonchev–Trinajstić information content (AvgIpc) is 3.11. The van der Waals surface area contributed by atoms with Crippen LogP contribution in [0.4, 0.5) is 13.2 Å². The molecular weight excluding hydrogens is 429 g/mol. The monoisotopic (exact) mass is 448 g/mol. The van der Waals surface area contributed by atoms with Crippen molar-refractivity contribution in [3.05, 3.63) is 45.9 Å². The van der Waals surface area contributed by atoms with Gasteiger partial charge >= 0.3 is 12.1 Å². The summed E-state index contributed by atoms with van der Waals surface area (Å²) in [6.45, 7) is 2.28. The van der Waals surface area contributed by atoms with Crippen LogP contribution in [0, 0.1) is 6.92 Å². The fourth-order valence-electron chi connectivity index (χ4n) is 2.96. The Balaban J connectivity index is 1.85. The number of hydrogen-bond acceptors (Lipinski definition) is 6. The summed E-state index contributed by atoms with van der Waals surface area (Å²) in [7, 11) is -3.83. The SMILES string of the molecule is Cc1csc(C(OC(=O)c2cccc(S(=O)(=O)N3CCCCC3)c2)C(F)(F)F)n1. The number of thiazole rings is 1. The molecular formula is C18H19F3N2O4S2. The lowest BCUT2D eigenvalue weighted by atomic mass is 10.2. The second kappa shape index (κ2) is 8.41. The first kappa shape index (κ1) is 21.7. The van der Waals surface area contributed by atoms with Crippen LogP contribution in [0.25, 0.3) is 0 Å². The summed E-state index contributed by atoms with van der Waals surface area (Å²) in [5.74, 6) is -1.27. The molecule has 158 valence electrons. The van der Waals surface area contributed by atoms with Crippen molar-refractivity contribution in [2.75, 3.05) is 13.1 Å². The Hall–Kier alpha value is -1.98. The minimum Gasteiger partial charge on any atom is -0.442 e. The van der Waals surface area contributed by atoms with E-state index in [4.69, 9.17) is 0 Å². The zero-order valence-corrected chi connectivity index (χ0v) is 17.1. The standard InChI is InChI=1S/C18H19F3N2O4S2/c1-12-11-28-16(22-12)15(18(19,20)21)27-17(24)13-6-5-7-14(10-13)29(25,26)23-8-3-2-4-9-23/h5-7,10-11,15H,2-4,8-9H2,1H3. The van der Waals surface area contributed by atoms with Crippen molar-refractivity contribution in [1.29, 1.82) is 0 Å². The van der Waals surface area contributed by atoms with Gasteiger partial charge in [0.05, 0.1) is 10.5 Å². The summed E-state index contributed by atoms with van der Waals surface area (Å²) in [4.78, 5) is 16.0. The van der Waals surface area contributed by atoms with E-state index in [1.165, 1.54) is 34.8 Å². The number of carbonyl (C=O) groups excluding carboxylic acids is 1. The molecule has 1 atom stereocenters. The van der Waals surface area contributed by atoms with Crippen LogP contribution in [-0.2, 0) is 14.8 Å². The van der Waals surface area contributed by atoms with Gasteiger partial charge in [0.2, 0.25) is 16.1 Å². The topological polar surface area (TPSA) is 76.6 Å². The van der Waals surface area contributed by atoms with E-state index < -0.39 is 28.3 Å². The van der Waals surface area contributed by atoms with Gasteiger partial charge in [-0.05, 0) is 38.0 Å². The third-order valence-electron chi connectivity index (χ3n) is 4.41. The van der Waals surface area contributed by atoms with Crippen molar-refractivity contribution in [3.8, 4) is 0 Å². The van der Waals surface area contributed by atoms with Gasteiger partial charge in [0, 0.05) is 24.2 Å². The molecule has 0 radical (unpaired) electrons. The highest BCUT2D eigenvalue weighted by molar-refractivity contribution is 7.89. The van der Waals surface area contributed by atoms with Crippen LogP contribution in [0.2, 0.25) is 0 Å². The molecule has 29 heavy (non-hydrogen) atoms. The molecule has 11 heteroatoms. The summed E-state index contributed by atoms with van der Waals surface area (Å²) in [5.41, 5.74) is 0.107. The summed E-state index contributed by atoms with van der Waals surface area (Å²) in [6.07, 6.45) is -4.95. The number of sulfonamides is 1. The second-order valence-corrected chi connectivity index (χ2v) is 9.47. The molecule has 1 aliphatic rings. The molecule has 0 saturated carbocycles. The van der Waals surface area contributed by atoms with Gasteiger partial charge in [-0.3, -0.25) is 0 Å². The lowest BCUT2D eigenvalue weighted by molar-refractivity contribution is -0.207. The first-order valence-electron chi connectivity index (χ1n) is 8.89. The van der Waals surface area contributed by atoms with Crippen molar-refractivity contribution in [1.82, 2.24) is 9.29 Å². The van der Waals surface area contributed by atoms with Crippen LogP contribution in [-0.4, -0.2) is 42.9 Å². The number of aromatic nitrogens is 1. The maximum atomic E-state index is 13.4. The van der Waals surface area contributed by atoms with Gasteiger partial charge in [0.15, 0.2) is 0 Å². The maximum absolute atomic E-state index is 13.4. The number of hydrogen-bond donors (Lipinski definition) is 0. The van der Waals surface area contributed by atoms with Gasteiger partial charge in [-0.1, -0.05) is 12.5 Å². The third kappa shape index (κ3) is 4.96. The summed E-state index contributed by atoms with van der Waals surface area (Å²) < 4.78 is 71.7. The smallest absolute Gasteiger partial charge is 0.432 e. The summed E-state index contributed by atoms with van der Waals surface area (Å²) in [6, 6.07) is 4.89. The van der Waals surface area contributed by atoms with E-state index in [-0.39, 0.29) is 15.5 Å². The molecule has 1 aromatic carbocycles. The molecule has 1 saturated heterocycles. The lowest BCUT2D eigenvalue weighted by Gasteiger charge is -2.26. The largest absolute Gasteiger partial charge is 0.442 e. The van der Waals surface area contributed by atoms with E-state index in [1.54, 1.807) is 0 Å². The van der Waals surface area contributed by atoms with E-state index in [0.29, 0.717) is 18.8 Å². The van der Waals surface area contributed by atoms with E-state index >= 15 is 0 Å². The Morgan fingerprint density at radius 2 is 1.93 bits per heavy atom. The van der Waals surface area contributed by atoms with Crippen LogP contribution in [0.1, 0.15) is 46.4 Å². The number of nitrogens with zero attached hydrogens (tertiary/aromatic N) is 2. The second-order valence-electron chi connectivity index (χ2n) is 6.65. The zero-order chi connectivity index (χ0) is 21.2. The summed E-state index contributed by atoms with van der Waals surface area (Å²) >= 11 is 0.737. The van der Waals surface area contributed by atoms with Crippen molar-refractivity contribution in [2.24, 2.45) is 0 Å². The number of aryl methyl sites for hydroxylation is 1. The first-order valence-corrected chi connectivity index (χ1v) is 11.2. The van der Waals surface area contributed by atoms with Crippen molar-refractivity contribution >= 4 is 27.3 Å². The molecule has 2 heterocycles. The van der Waals surface area contributed by atoms with Gasteiger partial charge in [-0.25, -0.2) is 18.2 Å². The van der Waals surface area contributed by atoms with Crippen LogP contribution in [0.5, 0.6) is 0 Å². The van der Waals surface area contributed by atoms with Gasteiger partial charge in [0.1, 0.15) is 5.01 Å². The fourth-order valence-corrected chi connectivity index (χ4v) is 5.37. The van der Waals surface area contributed by atoms with Crippen molar-refractivity contribution < 1.29 is 31.1 Å². The molecule has 0 amide bonds. The molecule has 1 unspecified atom stereocenters. The zero-order valence-electron chi connectivity index (χ0n) is 15.5. The van der Waals surface area contributed by atoms with E-state index in [1.807, 2.05) is 0 Å². The average molecular weight is 448 g/mol. The Morgan fingerprint density at radius 3 is 2.52 bits per heavy atom. The number of esters is 1. The molecule has 3 rings (SSSR count). The number of piperidine rings is 1. The highest BCUT2D eigenvalue weighted by atomic mass is 32.2.